The molecule has 112 valence electrons. The van der Waals surface area contributed by atoms with E-state index in [1.807, 2.05) is 24.3 Å². The Labute approximate surface area is 125 Å². The molecular weight excluding hydrogens is 264 g/mol. The van der Waals surface area contributed by atoms with Crippen molar-refractivity contribution in [3.63, 3.8) is 0 Å². The van der Waals surface area contributed by atoms with Crippen LogP contribution >= 0.6 is 0 Å². The molecule has 2 N–H and O–H groups in total. The van der Waals surface area contributed by atoms with Gasteiger partial charge in [-0.15, -0.1) is 0 Å². The van der Waals surface area contributed by atoms with Gasteiger partial charge in [0.15, 0.2) is 0 Å². The minimum absolute atomic E-state index is 0.117. The molecule has 2 aromatic rings. The lowest BCUT2D eigenvalue weighted by molar-refractivity contribution is -0.138. The Morgan fingerprint density at radius 3 is 2.67 bits per heavy atom. The number of aliphatic carboxylic acids is 1. The molecule has 0 spiro atoms. The Hall–Kier alpha value is -2.10. The van der Waals surface area contributed by atoms with Crippen molar-refractivity contribution in [1.29, 1.82) is 0 Å². The molecule has 0 amide bonds. The van der Waals surface area contributed by atoms with E-state index in [2.05, 4.69) is 31.1 Å². The van der Waals surface area contributed by atoms with Gasteiger partial charge >= 0.3 is 5.97 Å². The van der Waals surface area contributed by atoms with Gasteiger partial charge < -0.3 is 10.4 Å². The Bertz CT molecular complexity index is 627. The minimum Gasteiger partial charge on any atom is -0.480 e. The molecule has 0 saturated heterocycles. The number of carbonyl (C=O) groups is 1. The molecule has 0 saturated carbocycles. The molecule has 0 aliphatic carbocycles. The predicted molar refractivity (Wildman–Crippen MR) is 85.5 cm³/mol. The Morgan fingerprint density at radius 1 is 1.29 bits per heavy atom. The Kier molecular flexibility index (Phi) is 4.46. The molecule has 0 fully saturated rings. The van der Waals surface area contributed by atoms with Crippen LogP contribution in [0.25, 0.3) is 10.8 Å². The van der Waals surface area contributed by atoms with E-state index < -0.39 is 12.0 Å². The van der Waals surface area contributed by atoms with Crippen molar-refractivity contribution in [3.8, 4) is 0 Å². The number of hydrogen-bond donors (Lipinski definition) is 2. The van der Waals surface area contributed by atoms with Gasteiger partial charge in [0, 0.05) is 17.0 Å². The van der Waals surface area contributed by atoms with Crippen LogP contribution in [0.15, 0.2) is 36.7 Å². The van der Waals surface area contributed by atoms with Gasteiger partial charge in [-0.2, -0.15) is 0 Å². The molecular formula is C17H22N2O2. The van der Waals surface area contributed by atoms with Gasteiger partial charge in [0.1, 0.15) is 6.04 Å². The van der Waals surface area contributed by atoms with Crippen molar-refractivity contribution in [2.75, 3.05) is 5.32 Å². The highest BCUT2D eigenvalue weighted by Crippen LogP contribution is 2.26. The summed E-state index contributed by atoms with van der Waals surface area (Å²) in [5.41, 5.74) is 0.890. The SMILES string of the molecule is CC(C)(C)CC[C@H](Nc1cncc2ccccc12)C(=O)O. The van der Waals surface area contributed by atoms with Crippen LogP contribution in [0.5, 0.6) is 0 Å². The molecule has 0 aliphatic heterocycles. The summed E-state index contributed by atoms with van der Waals surface area (Å²) in [4.78, 5) is 15.7. The van der Waals surface area contributed by atoms with Gasteiger partial charge in [0.2, 0.25) is 0 Å². The van der Waals surface area contributed by atoms with Crippen molar-refractivity contribution in [1.82, 2.24) is 4.98 Å². The summed E-state index contributed by atoms with van der Waals surface area (Å²) in [5, 5.41) is 14.5. The summed E-state index contributed by atoms with van der Waals surface area (Å²) in [5.74, 6) is -0.827. The van der Waals surface area contributed by atoms with E-state index in [0.717, 1.165) is 22.9 Å². The van der Waals surface area contributed by atoms with Crippen LogP contribution in [-0.2, 0) is 4.79 Å². The number of carboxylic acid groups (broad SMARTS) is 1. The normalized spacial score (nSPS) is 13.1. The molecule has 0 bridgehead atoms. The third kappa shape index (κ3) is 4.18. The average Bonchev–Trinajstić information content (AvgIpc) is 2.42. The van der Waals surface area contributed by atoms with Crippen LogP contribution < -0.4 is 5.32 Å². The molecule has 21 heavy (non-hydrogen) atoms. The number of nitrogens with zero attached hydrogens (tertiary/aromatic N) is 1. The Morgan fingerprint density at radius 2 is 2.00 bits per heavy atom. The maximum atomic E-state index is 11.5. The van der Waals surface area contributed by atoms with Gasteiger partial charge in [-0.3, -0.25) is 4.98 Å². The monoisotopic (exact) mass is 286 g/mol. The molecule has 0 unspecified atom stereocenters. The predicted octanol–water partition coefficient (Wildman–Crippen LogP) is 3.93. The number of pyridine rings is 1. The van der Waals surface area contributed by atoms with Crippen molar-refractivity contribution in [2.24, 2.45) is 5.41 Å². The molecule has 4 heteroatoms. The number of benzene rings is 1. The van der Waals surface area contributed by atoms with Crippen LogP contribution in [-0.4, -0.2) is 22.1 Å². The first kappa shape index (κ1) is 15.3. The van der Waals surface area contributed by atoms with E-state index >= 15 is 0 Å². The molecule has 0 aliphatic rings. The molecule has 0 radical (unpaired) electrons. The first-order valence-electron chi connectivity index (χ1n) is 7.19. The van der Waals surface area contributed by atoms with Gasteiger partial charge in [-0.05, 0) is 18.3 Å². The summed E-state index contributed by atoms with van der Waals surface area (Å²) >= 11 is 0. The highest BCUT2D eigenvalue weighted by molar-refractivity contribution is 5.94. The highest BCUT2D eigenvalue weighted by atomic mass is 16.4. The maximum absolute atomic E-state index is 11.5. The molecule has 1 heterocycles. The van der Waals surface area contributed by atoms with E-state index in [-0.39, 0.29) is 5.41 Å². The van der Waals surface area contributed by atoms with E-state index in [1.165, 1.54) is 0 Å². The van der Waals surface area contributed by atoms with Gasteiger partial charge in [0.05, 0.1) is 11.9 Å². The largest absolute Gasteiger partial charge is 0.480 e. The van der Waals surface area contributed by atoms with Crippen LogP contribution in [0.4, 0.5) is 5.69 Å². The summed E-state index contributed by atoms with van der Waals surface area (Å²) in [6.45, 7) is 6.35. The molecule has 4 nitrogen and oxygen atoms in total. The van der Waals surface area contributed by atoms with E-state index in [9.17, 15) is 9.90 Å². The van der Waals surface area contributed by atoms with E-state index in [1.54, 1.807) is 12.4 Å². The van der Waals surface area contributed by atoms with Gasteiger partial charge in [-0.1, -0.05) is 45.0 Å². The molecule has 2 rings (SSSR count). The zero-order chi connectivity index (χ0) is 15.5. The number of fused-ring (bicyclic) bond motifs is 1. The number of nitrogens with one attached hydrogen (secondary N) is 1. The van der Waals surface area contributed by atoms with Crippen molar-refractivity contribution < 1.29 is 9.90 Å². The zero-order valence-electron chi connectivity index (χ0n) is 12.8. The number of carboxylic acids is 1. The van der Waals surface area contributed by atoms with Crippen molar-refractivity contribution in [2.45, 2.75) is 39.7 Å². The van der Waals surface area contributed by atoms with Crippen molar-refractivity contribution in [3.05, 3.63) is 36.7 Å². The minimum atomic E-state index is -0.827. The number of anilines is 1. The second-order valence-electron chi connectivity index (χ2n) is 6.54. The highest BCUT2D eigenvalue weighted by Gasteiger charge is 2.21. The lowest BCUT2D eigenvalue weighted by Gasteiger charge is -2.22. The second kappa shape index (κ2) is 6.12. The first-order chi connectivity index (χ1) is 9.87. The van der Waals surface area contributed by atoms with Gasteiger partial charge in [-0.25, -0.2) is 4.79 Å². The summed E-state index contributed by atoms with van der Waals surface area (Å²) in [7, 11) is 0. The first-order valence-corrected chi connectivity index (χ1v) is 7.19. The fourth-order valence-electron chi connectivity index (χ4n) is 2.25. The average molecular weight is 286 g/mol. The third-order valence-corrected chi connectivity index (χ3v) is 3.48. The van der Waals surface area contributed by atoms with Crippen LogP contribution in [0.1, 0.15) is 33.6 Å². The van der Waals surface area contributed by atoms with Crippen LogP contribution in [0.2, 0.25) is 0 Å². The summed E-state index contributed by atoms with van der Waals surface area (Å²) in [6, 6.07) is 7.23. The maximum Gasteiger partial charge on any atom is 0.326 e. The molecule has 1 aromatic carbocycles. The zero-order valence-corrected chi connectivity index (χ0v) is 12.8. The molecule has 1 atom stereocenters. The number of hydrogen-bond acceptors (Lipinski definition) is 3. The smallest absolute Gasteiger partial charge is 0.326 e. The van der Waals surface area contributed by atoms with E-state index in [0.29, 0.717) is 6.42 Å². The lowest BCUT2D eigenvalue weighted by atomic mass is 9.88. The Balaban J connectivity index is 2.21. The molecule has 1 aromatic heterocycles. The number of rotatable bonds is 5. The fourth-order valence-corrected chi connectivity index (χ4v) is 2.25. The van der Waals surface area contributed by atoms with Crippen molar-refractivity contribution >= 4 is 22.4 Å². The van der Waals surface area contributed by atoms with Crippen LogP contribution in [0.3, 0.4) is 0 Å². The van der Waals surface area contributed by atoms with E-state index in [4.69, 9.17) is 0 Å². The van der Waals surface area contributed by atoms with Crippen LogP contribution in [0, 0.1) is 5.41 Å². The van der Waals surface area contributed by atoms with Gasteiger partial charge in [0.25, 0.3) is 0 Å². The summed E-state index contributed by atoms with van der Waals surface area (Å²) < 4.78 is 0. The number of aromatic nitrogens is 1. The quantitative estimate of drug-likeness (QED) is 0.874. The fraction of sp³-hybridized carbons (Fsp3) is 0.412. The summed E-state index contributed by atoms with van der Waals surface area (Å²) in [6.07, 6.45) is 4.90. The second-order valence-corrected chi connectivity index (χ2v) is 6.54. The topological polar surface area (TPSA) is 62.2 Å². The lowest BCUT2D eigenvalue weighted by Crippen LogP contribution is -2.30. The third-order valence-electron chi connectivity index (χ3n) is 3.48. The standard InChI is InChI=1S/C17H22N2O2/c1-17(2,3)9-8-14(16(20)21)19-15-11-18-10-12-6-4-5-7-13(12)15/h4-7,10-11,14,19H,8-9H2,1-3H3,(H,20,21)/t14-/m0/s1.